The molecule has 27 heavy (non-hydrogen) atoms. The van der Waals surface area contributed by atoms with E-state index in [2.05, 4.69) is 13.8 Å². The molecule has 0 aliphatic heterocycles. The van der Waals surface area contributed by atoms with Crippen LogP contribution in [0.25, 0.3) is 0 Å². The summed E-state index contributed by atoms with van der Waals surface area (Å²) in [6.45, 7) is 4.55. The number of hydrogen-bond acceptors (Lipinski definition) is 2. The molecule has 2 fully saturated rings. The second kappa shape index (κ2) is 13.6. The molecule has 2 aliphatic carbocycles. The van der Waals surface area contributed by atoms with Crippen LogP contribution in [0.4, 0.5) is 0 Å². The highest BCUT2D eigenvalue weighted by molar-refractivity contribution is 5.72. The van der Waals surface area contributed by atoms with Crippen molar-refractivity contribution in [3.8, 4) is 0 Å². The highest BCUT2D eigenvalue weighted by Crippen LogP contribution is 2.35. The third kappa shape index (κ3) is 9.01. The maximum Gasteiger partial charge on any atom is 0.309 e. The topological polar surface area (TPSA) is 26.3 Å². The Bertz CT molecular complexity index is 376. The molecule has 0 aromatic carbocycles. The van der Waals surface area contributed by atoms with Crippen LogP contribution in [-0.2, 0) is 9.53 Å². The van der Waals surface area contributed by atoms with Crippen molar-refractivity contribution in [1.82, 2.24) is 0 Å². The van der Waals surface area contributed by atoms with Crippen LogP contribution in [0.2, 0.25) is 0 Å². The summed E-state index contributed by atoms with van der Waals surface area (Å²) in [7, 11) is 0. The first-order valence-corrected chi connectivity index (χ1v) is 12.4. The van der Waals surface area contributed by atoms with Gasteiger partial charge in [-0.15, -0.1) is 0 Å². The molecule has 158 valence electrons. The smallest absolute Gasteiger partial charge is 0.309 e. The van der Waals surface area contributed by atoms with E-state index in [1.165, 1.54) is 89.9 Å². The number of hydrogen-bond donors (Lipinski definition) is 0. The van der Waals surface area contributed by atoms with Gasteiger partial charge in [0, 0.05) is 0 Å². The SMILES string of the molecule is CCCCCCCC1CCC(C(=O)O[C@H]2CC[C@H](CCCCC)CC2)CC1. The molecule has 2 rings (SSSR count). The summed E-state index contributed by atoms with van der Waals surface area (Å²) < 4.78 is 5.93. The summed E-state index contributed by atoms with van der Waals surface area (Å²) >= 11 is 0. The number of ether oxygens (including phenoxy) is 1. The molecule has 2 saturated carbocycles. The Morgan fingerprint density at radius 2 is 1.15 bits per heavy atom. The molecule has 0 saturated heterocycles. The van der Waals surface area contributed by atoms with Crippen molar-refractivity contribution in [2.75, 3.05) is 0 Å². The number of rotatable bonds is 12. The van der Waals surface area contributed by atoms with Gasteiger partial charge in [0.15, 0.2) is 0 Å². The predicted molar refractivity (Wildman–Crippen MR) is 115 cm³/mol. The monoisotopic (exact) mass is 378 g/mol. The summed E-state index contributed by atoms with van der Waals surface area (Å²) in [6, 6.07) is 0. The van der Waals surface area contributed by atoms with Crippen molar-refractivity contribution < 1.29 is 9.53 Å². The van der Waals surface area contributed by atoms with Crippen LogP contribution in [0.3, 0.4) is 0 Å². The van der Waals surface area contributed by atoms with Crippen LogP contribution in [0.1, 0.15) is 129 Å². The summed E-state index contributed by atoms with van der Waals surface area (Å²) in [4.78, 5) is 12.6. The van der Waals surface area contributed by atoms with E-state index in [0.29, 0.717) is 0 Å². The Morgan fingerprint density at radius 1 is 0.667 bits per heavy atom. The van der Waals surface area contributed by atoms with E-state index in [1.807, 2.05) is 0 Å². The van der Waals surface area contributed by atoms with Gasteiger partial charge >= 0.3 is 5.97 Å². The fourth-order valence-corrected chi connectivity index (χ4v) is 5.21. The average Bonchev–Trinajstić information content (AvgIpc) is 2.70. The van der Waals surface area contributed by atoms with Crippen LogP contribution in [0.15, 0.2) is 0 Å². The lowest BCUT2D eigenvalue weighted by Gasteiger charge is -2.31. The van der Waals surface area contributed by atoms with E-state index in [4.69, 9.17) is 4.74 Å². The van der Waals surface area contributed by atoms with Gasteiger partial charge in [-0.25, -0.2) is 0 Å². The summed E-state index contributed by atoms with van der Waals surface area (Å²) in [5, 5.41) is 0. The Morgan fingerprint density at radius 3 is 1.74 bits per heavy atom. The number of unbranched alkanes of at least 4 members (excludes halogenated alkanes) is 6. The standard InChI is InChI=1S/C25H46O2/c1-3-5-7-8-10-12-21-13-17-23(18-14-21)25(26)27-24-19-15-22(16-20-24)11-9-6-4-2/h21-24H,3-20H2,1-2H3/t21?,22-,23?,24-. The maximum absolute atomic E-state index is 12.6. The molecule has 2 aliphatic rings. The lowest BCUT2D eigenvalue weighted by Crippen LogP contribution is -2.30. The van der Waals surface area contributed by atoms with Gasteiger partial charge in [-0.1, -0.05) is 78.1 Å². The van der Waals surface area contributed by atoms with Crippen LogP contribution < -0.4 is 0 Å². The molecule has 0 radical (unpaired) electrons. The van der Waals surface area contributed by atoms with Gasteiger partial charge in [-0.05, 0) is 63.2 Å². The fourth-order valence-electron chi connectivity index (χ4n) is 5.21. The number of esters is 1. The summed E-state index contributed by atoms with van der Waals surface area (Å²) in [6.07, 6.45) is 23.4. The molecule has 0 N–H and O–H groups in total. The van der Waals surface area contributed by atoms with E-state index >= 15 is 0 Å². The van der Waals surface area contributed by atoms with Crippen molar-refractivity contribution >= 4 is 5.97 Å². The van der Waals surface area contributed by atoms with Gasteiger partial charge < -0.3 is 4.74 Å². The van der Waals surface area contributed by atoms with E-state index in [9.17, 15) is 4.79 Å². The van der Waals surface area contributed by atoms with E-state index in [-0.39, 0.29) is 18.0 Å². The van der Waals surface area contributed by atoms with Gasteiger partial charge in [0.25, 0.3) is 0 Å². The van der Waals surface area contributed by atoms with Crippen LogP contribution >= 0.6 is 0 Å². The molecule has 0 bridgehead atoms. The Balaban J connectivity index is 1.54. The second-order valence-corrected chi connectivity index (χ2v) is 9.50. The minimum Gasteiger partial charge on any atom is -0.462 e. The van der Waals surface area contributed by atoms with Gasteiger partial charge in [0.2, 0.25) is 0 Å². The molecule has 2 nitrogen and oxygen atoms in total. The number of carbonyl (C=O) groups is 1. The first-order chi connectivity index (χ1) is 13.2. The first kappa shape index (κ1) is 22.8. The highest BCUT2D eigenvalue weighted by Gasteiger charge is 2.30. The third-order valence-corrected chi connectivity index (χ3v) is 7.19. The van der Waals surface area contributed by atoms with Gasteiger partial charge in [0.1, 0.15) is 6.10 Å². The molecule has 0 spiro atoms. The molecule has 0 amide bonds. The Hall–Kier alpha value is -0.530. The second-order valence-electron chi connectivity index (χ2n) is 9.50. The predicted octanol–water partition coefficient (Wildman–Crippen LogP) is 7.84. The lowest BCUT2D eigenvalue weighted by atomic mass is 9.79. The normalized spacial score (nSPS) is 28.8. The van der Waals surface area contributed by atoms with E-state index in [1.54, 1.807) is 0 Å². The Kier molecular flexibility index (Phi) is 11.5. The van der Waals surface area contributed by atoms with Gasteiger partial charge in [0.05, 0.1) is 5.92 Å². The molecule has 0 unspecified atom stereocenters. The molecule has 0 aromatic rings. The zero-order valence-electron chi connectivity index (χ0n) is 18.4. The largest absolute Gasteiger partial charge is 0.462 e. The minimum absolute atomic E-state index is 0.130. The van der Waals surface area contributed by atoms with Crippen LogP contribution in [0.5, 0.6) is 0 Å². The van der Waals surface area contributed by atoms with Crippen molar-refractivity contribution in [3.05, 3.63) is 0 Å². The number of carbonyl (C=O) groups excluding carboxylic acids is 1. The summed E-state index contributed by atoms with van der Waals surface area (Å²) in [5.74, 6) is 2.09. The van der Waals surface area contributed by atoms with Crippen molar-refractivity contribution in [2.24, 2.45) is 17.8 Å². The van der Waals surface area contributed by atoms with Crippen LogP contribution in [-0.4, -0.2) is 12.1 Å². The zero-order chi connectivity index (χ0) is 19.3. The van der Waals surface area contributed by atoms with Gasteiger partial charge in [-0.3, -0.25) is 4.79 Å². The molecule has 0 aromatic heterocycles. The zero-order valence-corrected chi connectivity index (χ0v) is 18.4. The molecule has 0 atom stereocenters. The third-order valence-electron chi connectivity index (χ3n) is 7.19. The molecular weight excluding hydrogens is 332 g/mol. The quantitative estimate of drug-likeness (QED) is 0.255. The van der Waals surface area contributed by atoms with Gasteiger partial charge in [-0.2, -0.15) is 0 Å². The molecule has 2 heteroatoms. The first-order valence-electron chi connectivity index (χ1n) is 12.4. The fraction of sp³-hybridized carbons (Fsp3) is 0.960. The minimum atomic E-state index is 0.130. The molecule has 0 heterocycles. The average molecular weight is 379 g/mol. The van der Waals surface area contributed by atoms with Crippen molar-refractivity contribution in [1.29, 1.82) is 0 Å². The maximum atomic E-state index is 12.6. The van der Waals surface area contributed by atoms with Crippen molar-refractivity contribution in [3.63, 3.8) is 0 Å². The lowest BCUT2D eigenvalue weighted by molar-refractivity contribution is -0.157. The van der Waals surface area contributed by atoms with Crippen LogP contribution in [0, 0.1) is 17.8 Å². The summed E-state index contributed by atoms with van der Waals surface area (Å²) in [5.41, 5.74) is 0. The van der Waals surface area contributed by atoms with E-state index in [0.717, 1.165) is 37.5 Å². The highest BCUT2D eigenvalue weighted by atomic mass is 16.5. The Labute approximate surface area is 169 Å². The van der Waals surface area contributed by atoms with Crippen molar-refractivity contribution in [2.45, 2.75) is 136 Å². The van der Waals surface area contributed by atoms with E-state index < -0.39 is 0 Å². The molecular formula is C25H46O2.